The SMILES string of the molecule is CCC(CC)(CN)C(=O)N1CCSC(C)C1. The van der Waals surface area contributed by atoms with Gasteiger partial charge >= 0.3 is 0 Å². The van der Waals surface area contributed by atoms with Crippen LogP contribution in [-0.2, 0) is 4.79 Å². The summed E-state index contributed by atoms with van der Waals surface area (Å²) in [5.74, 6) is 1.33. The van der Waals surface area contributed by atoms with Crippen LogP contribution in [0.15, 0.2) is 0 Å². The van der Waals surface area contributed by atoms with E-state index in [-0.39, 0.29) is 11.3 Å². The Morgan fingerprint density at radius 2 is 2.12 bits per heavy atom. The number of hydrogen-bond acceptors (Lipinski definition) is 3. The molecule has 0 saturated carbocycles. The van der Waals surface area contributed by atoms with Crippen LogP contribution in [0.5, 0.6) is 0 Å². The Kier molecular flexibility index (Phi) is 5.12. The van der Waals surface area contributed by atoms with Crippen molar-refractivity contribution in [3.8, 4) is 0 Å². The molecule has 4 heteroatoms. The van der Waals surface area contributed by atoms with Gasteiger partial charge in [-0.05, 0) is 12.8 Å². The van der Waals surface area contributed by atoms with E-state index in [9.17, 15) is 4.79 Å². The summed E-state index contributed by atoms with van der Waals surface area (Å²) in [6, 6.07) is 0. The predicted octanol–water partition coefficient (Wildman–Crippen LogP) is 1.72. The van der Waals surface area contributed by atoms with E-state index in [1.54, 1.807) is 0 Å². The average Bonchev–Trinajstić information content (AvgIpc) is 2.32. The number of thioether (sulfide) groups is 1. The maximum absolute atomic E-state index is 12.5. The number of amides is 1. The minimum absolute atomic E-state index is 0.271. The Morgan fingerprint density at radius 3 is 2.56 bits per heavy atom. The van der Waals surface area contributed by atoms with Crippen molar-refractivity contribution in [2.45, 2.75) is 38.9 Å². The third kappa shape index (κ3) is 2.72. The Labute approximate surface area is 103 Å². The maximum Gasteiger partial charge on any atom is 0.230 e. The minimum atomic E-state index is -0.318. The fourth-order valence-corrected chi connectivity index (χ4v) is 3.28. The summed E-state index contributed by atoms with van der Waals surface area (Å²) in [7, 11) is 0. The molecule has 1 amide bonds. The fraction of sp³-hybridized carbons (Fsp3) is 0.917. The summed E-state index contributed by atoms with van der Waals surface area (Å²) in [5.41, 5.74) is 5.50. The smallest absolute Gasteiger partial charge is 0.230 e. The van der Waals surface area contributed by atoms with Crippen LogP contribution in [0, 0.1) is 5.41 Å². The zero-order valence-electron chi connectivity index (χ0n) is 10.7. The number of rotatable bonds is 4. The lowest BCUT2D eigenvalue weighted by molar-refractivity contribution is -0.142. The highest BCUT2D eigenvalue weighted by molar-refractivity contribution is 7.99. The number of carbonyl (C=O) groups is 1. The van der Waals surface area contributed by atoms with Gasteiger partial charge in [-0.1, -0.05) is 20.8 Å². The molecule has 1 unspecified atom stereocenters. The van der Waals surface area contributed by atoms with Crippen molar-refractivity contribution in [1.82, 2.24) is 4.90 Å². The minimum Gasteiger partial charge on any atom is -0.340 e. The molecule has 1 aliphatic heterocycles. The Hall–Kier alpha value is -0.220. The van der Waals surface area contributed by atoms with Crippen LogP contribution in [-0.4, -0.2) is 41.4 Å². The summed E-state index contributed by atoms with van der Waals surface area (Å²) in [6.45, 7) is 8.55. The predicted molar refractivity (Wildman–Crippen MR) is 70.6 cm³/mol. The molecular weight excluding hydrogens is 220 g/mol. The third-order valence-electron chi connectivity index (χ3n) is 3.73. The van der Waals surface area contributed by atoms with Crippen molar-refractivity contribution in [3.05, 3.63) is 0 Å². The molecule has 1 saturated heterocycles. The monoisotopic (exact) mass is 244 g/mol. The lowest BCUT2D eigenvalue weighted by Crippen LogP contribution is -2.51. The Bertz CT molecular complexity index is 233. The molecule has 1 heterocycles. The molecule has 0 bridgehead atoms. The molecular formula is C12H24N2OS. The first-order valence-electron chi connectivity index (χ1n) is 6.20. The Morgan fingerprint density at radius 1 is 1.50 bits per heavy atom. The first-order valence-corrected chi connectivity index (χ1v) is 7.25. The highest BCUT2D eigenvalue weighted by atomic mass is 32.2. The molecule has 2 N–H and O–H groups in total. The van der Waals surface area contributed by atoms with Crippen LogP contribution in [0.1, 0.15) is 33.6 Å². The van der Waals surface area contributed by atoms with Gasteiger partial charge in [-0.3, -0.25) is 4.79 Å². The average molecular weight is 244 g/mol. The van der Waals surface area contributed by atoms with Crippen LogP contribution in [0.2, 0.25) is 0 Å². The molecule has 1 rings (SSSR count). The van der Waals surface area contributed by atoms with Gasteiger partial charge in [0.2, 0.25) is 5.91 Å². The van der Waals surface area contributed by atoms with Gasteiger partial charge in [-0.25, -0.2) is 0 Å². The molecule has 94 valence electrons. The molecule has 1 atom stereocenters. The van der Waals surface area contributed by atoms with Crippen molar-refractivity contribution in [2.75, 3.05) is 25.4 Å². The van der Waals surface area contributed by atoms with Crippen LogP contribution in [0.3, 0.4) is 0 Å². The van der Waals surface area contributed by atoms with E-state index >= 15 is 0 Å². The van der Waals surface area contributed by atoms with E-state index in [4.69, 9.17) is 5.73 Å². The molecule has 0 aromatic rings. The lowest BCUT2D eigenvalue weighted by atomic mass is 9.81. The molecule has 16 heavy (non-hydrogen) atoms. The van der Waals surface area contributed by atoms with E-state index in [0.717, 1.165) is 31.7 Å². The van der Waals surface area contributed by atoms with E-state index in [1.165, 1.54) is 0 Å². The van der Waals surface area contributed by atoms with Crippen molar-refractivity contribution in [3.63, 3.8) is 0 Å². The summed E-state index contributed by atoms with van der Waals surface area (Å²) in [5, 5.41) is 0.557. The fourth-order valence-electron chi connectivity index (χ4n) is 2.27. The first-order chi connectivity index (χ1) is 7.59. The molecule has 1 aliphatic rings. The molecule has 0 aromatic heterocycles. The van der Waals surface area contributed by atoms with Crippen LogP contribution < -0.4 is 5.73 Å². The second kappa shape index (κ2) is 5.92. The second-order valence-corrected chi connectivity index (χ2v) is 6.17. The van der Waals surface area contributed by atoms with E-state index in [1.807, 2.05) is 16.7 Å². The number of hydrogen-bond donors (Lipinski definition) is 1. The van der Waals surface area contributed by atoms with Crippen LogP contribution >= 0.6 is 11.8 Å². The highest BCUT2D eigenvalue weighted by Gasteiger charge is 2.37. The molecule has 0 aliphatic carbocycles. The summed E-state index contributed by atoms with van der Waals surface area (Å²) in [4.78, 5) is 14.5. The van der Waals surface area contributed by atoms with Gasteiger partial charge in [-0.2, -0.15) is 11.8 Å². The zero-order chi connectivity index (χ0) is 12.2. The zero-order valence-corrected chi connectivity index (χ0v) is 11.5. The summed E-state index contributed by atoms with van der Waals surface area (Å²) >= 11 is 1.95. The van der Waals surface area contributed by atoms with Gasteiger partial charge in [0.1, 0.15) is 0 Å². The Balaban J connectivity index is 2.74. The van der Waals surface area contributed by atoms with E-state index < -0.39 is 0 Å². The molecule has 1 fully saturated rings. The van der Waals surface area contributed by atoms with E-state index in [0.29, 0.717) is 11.8 Å². The number of carbonyl (C=O) groups excluding carboxylic acids is 1. The van der Waals surface area contributed by atoms with Gasteiger partial charge in [0.15, 0.2) is 0 Å². The van der Waals surface area contributed by atoms with Crippen LogP contribution in [0.25, 0.3) is 0 Å². The topological polar surface area (TPSA) is 46.3 Å². The molecule has 3 nitrogen and oxygen atoms in total. The van der Waals surface area contributed by atoms with Crippen molar-refractivity contribution >= 4 is 17.7 Å². The summed E-state index contributed by atoms with van der Waals surface area (Å²) < 4.78 is 0. The third-order valence-corrected chi connectivity index (χ3v) is 4.86. The van der Waals surface area contributed by atoms with Crippen LogP contribution in [0.4, 0.5) is 0 Å². The van der Waals surface area contributed by atoms with Gasteiger partial charge in [0, 0.05) is 30.6 Å². The number of nitrogens with two attached hydrogens (primary N) is 1. The van der Waals surface area contributed by atoms with Crippen molar-refractivity contribution in [2.24, 2.45) is 11.1 Å². The van der Waals surface area contributed by atoms with Crippen molar-refractivity contribution in [1.29, 1.82) is 0 Å². The largest absolute Gasteiger partial charge is 0.340 e. The number of nitrogens with zero attached hydrogens (tertiary/aromatic N) is 1. The van der Waals surface area contributed by atoms with Gasteiger partial charge in [0.05, 0.1) is 5.41 Å². The molecule has 0 aromatic carbocycles. The highest BCUT2D eigenvalue weighted by Crippen LogP contribution is 2.30. The molecule has 0 radical (unpaired) electrons. The normalized spacial score (nSPS) is 22.2. The quantitative estimate of drug-likeness (QED) is 0.819. The van der Waals surface area contributed by atoms with Crippen molar-refractivity contribution < 1.29 is 4.79 Å². The van der Waals surface area contributed by atoms with E-state index in [2.05, 4.69) is 20.8 Å². The second-order valence-electron chi connectivity index (χ2n) is 4.62. The standard InChI is InChI=1S/C12H24N2OS/c1-4-12(5-2,9-13)11(15)14-6-7-16-10(3)8-14/h10H,4-9,13H2,1-3H3. The molecule has 0 spiro atoms. The van der Waals surface area contributed by atoms with Gasteiger partial charge in [0.25, 0.3) is 0 Å². The summed E-state index contributed by atoms with van der Waals surface area (Å²) in [6.07, 6.45) is 1.69. The van der Waals surface area contributed by atoms with Gasteiger partial charge in [-0.15, -0.1) is 0 Å². The maximum atomic E-state index is 12.5. The lowest BCUT2D eigenvalue weighted by Gasteiger charge is -2.38. The van der Waals surface area contributed by atoms with Gasteiger partial charge < -0.3 is 10.6 Å². The first kappa shape index (κ1) is 13.8.